The van der Waals surface area contributed by atoms with Crippen molar-refractivity contribution in [2.45, 2.75) is 25.8 Å². The van der Waals surface area contributed by atoms with Gasteiger partial charge in [0.15, 0.2) is 5.84 Å². The number of aromatic nitrogens is 1. The number of likely N-dealkylation sites (tertiary alicyclic amines) is 1. The molecule has 0 atom stereocenters. The van der Waals surface area contributed by atoms with E-state index in [9.17, 15) is 0 Å². The standard InChI is InChI=1S/C14H23N5O/c1-10-8-11(14(15)17-20)9-13(16-10)19(3)12-4-6-18(2)7-5-12/h8-9,12,20H,4-7H2,1-3H3,(H2,15,17). The molecule has 6 nitrogen and oxygen atoms in total. The molecule has 0 amide bonds. The average Bonchev–Trinajstić information content (AvgIpc) is 2.45. The molecule has 0 bridgehead atoms. The Morgan fingerprint density at radius 1 is 1.45 bits per heavy atom. The first-order chi connectivity index (χ1) is 9.51. The van der Waals surface area contributed by atoms with Crippen molar-refractivity contribution in [1.29, 1.82) is 0 Å². The molecule has 0 radical (unpaired) electrons. The number of rotatable bonds is 3. The van der Waals surface area contributed by atoms with Gasteiger partial charge in [0.05, 0.1) is 0 Å². The number of amidine groups is 1. The number of aryl methyl sites for hydroxylation is 1. The molecule has 1 aromatic heterocycles. The van der Waals surface area contributed by atoms with Crippen LogP contribution in [-0.2, 0) is 0 Å². The molecule has 1 aliphatic heterocycles. The van der Waals surface area contributed by atoms with E-state index in [1.807, 2.05) is 19.1 Å². The molecule has 3 N–H and O–H groups in total. The van der Waals surface area contributed by atoms with Crippen LogP contribution in [0, 0.1) is 6.92 Å². The molecule has 0 aromatic carbocycles. The molecular weight excluding hydrogens is 254 g/mol. The fraction of sp³-hybridized carbons (Fsp3) is 0.571. The lowest BCUT2D eigenvalue weighted by Crippen LogP contribution is -2.42. The number of hydrogen-bond donors (Lipinski definition) is 2. The van der Waals surface area contributed by atoms with E-state index in [2.05, 4.69) is 34.0 Å². The van der Waals surface area contributed by atoms with Gasteiger partial charge in [0.25, 0.3) is 0 Å². The second kappa shape index (κ2) is 6.09. The normalized spacial score (nSPS) is 18.2. The van der Waals surface area contributed by atoms with Crippen molar-refractivity contribution in [2.75, 3.05) is 32.1 Å². The number of nitrogens with zero attached hydrogens (tertiary/aromatic N) is 4. The number of hydrogen-bond acceptors (Lipinski definition) is 5. The van der Waals surface area contributed by atoms with Crippen LogP contribution in [0.2, 0.25) is 0 Å². The zero-order valence-corrected chi connectivity index (χ0v) is 12.4. The van der Waals surface area contributed by atoms with Crippen LogP contribution in [0.1, 0.15) is 24.1 Å². The first-order valence-electron chi connectivity index (χ1n) is 6.89. The first-order valence-corrected chi connectivity index (χ1v) is 6.89. The number of nitrogens with two attached hydrogens (primary N) is 1. The number of piperidine rings is 1. The SMILES string of the molecule is Cc1cc(/C(N)=N/O)cc(N(C)C2CCN(C)CC2)n1. The molecule has 1 fully saturated rings. The van der Waals surface area contributed by atoms with Gasteiger partial charge in [-0.2, -0.15) is 0 Å². The van der Waals surface area contributed by atoms with Crippen LogP contribution in [0.3, 0.4) is 0 Å². The summed E-state index contributed by atoms with van der Waals surface area (Å²) in [5.74, 6) is 0.995. The fourth-order valence-corrected chi connectivity index (χ4v) is 2.61. The van der Waals surface area contributed by atoms with Crippen LogP contribution in [-0.4, -0.2) is 54.2 Å². The van der Waals surface area contributed by atoms with Gasteiger partial charge in [0.2, 0.25) is 0 Å². The van der Waals surface area contributed by atoms with Crippen molar-refractivity contribution in [1.82, 2.24) is 9.88 Å². The van der Waals surface area contributed by atoms with Crippen molar-refractivity contribution in [3.05, 3.63) is 23.4 Å². The smallest absolute Gasteiger partial charge is 0.170 e. The Morgan fingerprint density at radius 3 is 2.70 bits per heavy atom. The lowest BCUT2D eigenvalue weighted by molar-refractivity contribution is 0.252. The third-order valence-electron chi connectivity index (χ3n) is 3.94. The van der Waals surface area contributed by atoms with E-state index < -0.39 is 0 Å². The average molecular weight is 277 g/mol. The van der Waals surface area contributed by atoms with Gasteiger partial charge in [0, 0.05) is 24.3 Å². The van der Waals surface area contributed by atoms with Gasteiger partial charge < -0.3 is 20.7 Å². The van der Waals surface area contributed by atoms with E-state index in [4.69, 9.17) is 10.9 Å². The fourth-order valence-electron chi connectivity index (χ4n) is 2.61. The van der Waals surface area contributed by atoms with Crippen LogP contribution in [0.25, 0.3) is 0 Å². The van der Waals surface area contributed by atoms with Gasteiger partial charge in [-0.05, 0) is 52.0 Å². The second-order valence-electron chi connectivity index (χ2n) is 5.49. The molecule has 2 rings (SSSR count). The third-order valence-corrected chi connectivity index (χ3v) is 3.94. The zero-order chi connectivity index (χ0) is 14.7. The van der Waals surface area contributed by atoms with Crippen molar-refractivity contribution in [3.63, 3.8) is 0 Å². The predicted molar refractivity (Wildman–Crippen MR) is 80.4 cm³/mol. The molecule has 1 aliphatic rings. The minimum atomic E-state index is 0.119. The van der Waals surface area contributed by atoms with Crippen molar-refractivity contribution < 1.29 is 5.21 Å². The minimum absolute atomic E-state index is 0.119. The topological polar surface area (TPSA) is 78.0 Å². The molecule has 1 saturated heterocycles. The Morgan fingerprint density at radius 2 is 2.10 bits per heavy atom. The summed E-state index contributed by atoms with van der Waals surface area (Å²) >= 11 is 0. The van der Waals surface area contributed by atoms with Crippen molar-refractivity contribution in [3.8, 4) is 0 Å². The van der Waals surface area contributed by atoms with E-state index in [0.717, 1.165) is 37.4 Å². The highest BCUT2D eigenvalue weighted by molar-refractivity contribution is 5.97. The van der Waals surface area contributed by atoms with Gasteiger partial charge in [-0.3, -0.25) is 0 Å². The second-order valence-corrected chi connectivity index (χ2v) is 5.49. The molecule has 110 valence electrons. The van der Waals surface area contributed by atoms with E-state index in [-0.39, 0.29) is 5.84 Å². The van der Waals surface area contributed by atoms with E-state index >= 15 is 0 Å². The van der Waals surface area contributed by atoms with Crippen LogP contribution < -0.4 is 10.6 Å². The first kappa shape index (κ1) is 14.6. The Hall–Kier alpha value is -1.82. The molecule has 0 saturated carbocycles. The molecule has 20 heavy (non-hydrogen) atoms. The number of oxime groups is 1. The van der Waals surface area contributed by atoms with Crippen LogP contribution in [0.4, 0.5) is 5.82 Å². The molecule has 1 aromatic rings. The molecule has 0 aliphatic carbocycles. The summed E-state index contributed by atoms with van der Waals surface area (Å²) in [6, 6.07) is 4.18. The van der Waals surface area contributed by atoms with Crippen LogP contribution in [0.5, 0.6) is 0 Å². The number of pyridine rings is 1. The lowest BCUT2D eigenvalue weighted by atomic mass is 10.0. The van der Waals surface area contributed by atoms with Gasteiger partial charge >= 0.3 is 0 Å². The largest absolute Gasteiger partial charge is 0.409 e. The summed E-state index contributed by atoms with van der Waals surface area (Å²) in [4.78, 5) is 9.11. The Bertz CT molecular complexity index is 494. The Labute approximate surface area is 119 Å². The maximum atomic E-state index is 8.81. The maximum Gasteiger partial charge on any atom is 0.170 e. The van der Waals surface area contributed by atoms with E-state index in [1.54, 1.807) is 0 Å². The summed E-state index contributed by atoms with van der Waals surface area (Å²) < 4.78 is 0. The molecule has 2 heterocycles. The molecule has 6 heteroatoms. The highest BCUT2D eigenvalue weighted by Crippen LogP contribution is 2.21. The summed E-state index contributed by atoms with van der Waals surface area (Å²) in [6.07, 6.45) is 2.25. The van der Waals surface area contributed by atoms with Crippen LogP contribution >= 0.6 is 0 Å². The summed E-state index contributed by atoms with van der Waals surface area (Å²) in [5, 5.41) is 11.9. The third kappa shape index (κ3) is 3.19. The predicted octanol–water partition coefficient (Wildman–Crippen LogP) is 1.01. The lowest BCUT2D eigenvalue weighted by Gasteiger charge is -2.36. The van der Waals surface area contributed by atoms with E-state index in [0.29, 0.717) is 11.6 Å². The summed E-state index contributed by atoms with van der Waals surface area (Å²) in [7, 11) is 4.21. The quantitative estimate of drug-likeness (QED) is 0.373. The Kier molecular flexibility index (Phi) is 4.44. The molecule has 0 unspecified atom stereocenters. The summed E-state index contributed by atoms with van der Waals surface area (Å²) in [5.41, 5.74) is 7.24. The van der Waals surface area contributed by atoms with Gasteiger partial charge in [-0.25, -0.2) is 4.98 Å². The number of anilines is 1. The van der Waals surface area contributed by atoms with Gasteiger partial charge in [-0.15, -0.1) is 0 Å². The van der Waals surface area contributed by atoms with Crippen molar-refractivity contribution >= 4 is 11.7 Å². The highest BCUT2D eigenvalue weighted by atomic mass is 16.4. The van der Waals surface area contributed by atoms with Gasteiger partial charge in [0.1, 0.15) is 5.82 Å². The zero-order valence-electron chi connectivity index (χ0n) is 12.4. The summed E-state index contributed by atoms with van der Waals surface area (Å²) in [6.45, 7) is 4.13. The van der Waals surface area contributed by atoms with Gasteiger partial charge in [-0.1, -0.05) is 5.16 Å². The highest BCUT2D eigenvalue weighted by Gasteiger charge is 2.22. The molecular formula is C14H23N5O. The maximum absolute atomic E-state index is 8.81. The minimum Gasteiger partial charge on any atom is -0.409 e. The Balaban J connectivity index is 2.21. The van der Waals surface area contributed by atoms with E-state index in [1.165, 1.54) is 0 Å². The molecule has 0 spiro atoms. The monoisotopic (exact) mass is 277 g/mol. The van der Waals surface area contributed by atoms with Crippen molar-refractivity contribution in [2.24, 2.45) is 10.9 Å². The van der Waals surface area contributed by atoms with Crippen LogP contribution in [0.15, 0.2) is 17.3 Å².